The fourth-order valence-electron chi connectivity index (χ4n) is 2.43. The van der Waals surface area contributed by atoms with Crippen molar-refractivity contribution in [2.24, 2.45) is 0 Å². The molecule has 148 valence electrons. The number of hydrazine groups is 1. The van der Waals surface area contributed by atoms with Gasteiger partial charge in [0.05, 0.1) is 15.5 Å². The van der Waals surface area contributed by atoms with Crippen LogP contribution in [-0.4, -0.2) is 19.8 Å². The summed E-state index contributed by atoms with van der Waals surface area (Å²) in [5, 5.41) is 25.8. The summed E-state index contributed by atoms with van der Waals surface area (Å²) in [5.74, 6) is -0.0964. The number of non-ortho nitro benzene ring substituents is 1. The number of benzene rings is 2. The third kappa shape index (κ3) is 4.65. The molecule has 0 aliphatic rings. The molecule has 0 aliphatic heterocycles. The molecule has 0 spiro atoms. The van der Waals surface area contributed by atoms with Crippen molar-refractivity contribution in [3.63, 3.8) is 0 Å². The number of rotatable bonds is 7. The van der Waals surface area contributed by atoms with Gasteiger partial charge in [-0.05, 0) is 42.8 Å². The van der Waals surface area contributed by atoms with Gasteiger partial charge in [0.2, 0.25) is 11.6 Å². The molecule has 0 atom stereocenters. The van der Waals surface area contributed by atoms with Gasteiger partial charge in [0.15, 0.2) is 0 Å². The van der Waals surface area contributed by atoms with Crippen LogP contribution in [0, 0.1) is 27.2 Å². The standard InChI is InChI=1S/C17H14ClN7O4/c1-10-8-11(18)2-7-14(10)21-16-15(25(28)29)17(20-9-19-16)23-22-12-3-5-13(6-4-12)24(26)27/h2-9,22H,1H3,(H2,19,20,21,23). The predicted octanol–water partition coefficient (Wildman–Crippen LogP) is 4.44. The minimum Gasteiger partial charge on any atom is -0.334 e. The first-order valence-electron chi connectivity index (χ1n) is 8.14. The van der Waals surface area contributed by atoms with Gasteiger partial charge in [-0.1, -0.05) is 11.6 Å². The maximum atomic E-state index is 11.6. The van der Waals surface area contributed by atoms with Crippen LogP contribution < -0.4 is 16.2 Å². The number of aromatic nitrogens is 2. The van der Waals surface area contributed by atoms with Gasteiger partial charge in [0, 0.05) is 22.8 Å². The van der Waals surface area contributed by atoms with E-state index in [-0.39, 0.29) is 23.0 Å². The van der Waals surface area contributed by atoms with Gasteiger partial charge in [-0.15, -0.1) is 0 Å². The molecule has 1 heterocycles. The molecule has 29 heavy (non-hydrogen) atoms. The van der Waals surface area contributed by atoms with E-state index in [0.29, 0.717) is 16.4 Å². The molecule has 0 bridgehead atoms. The van der Waals surface area contributed by atoms with Crippen LogP contribution in [0.1, 0.15) is 5.56 Å². The van der Waals surface area contributed by atoms with E-state index in [1.165, 1.54) is 30.6 Å². The van der Waals surface area contributed by atoms with Crippen molar-refractivity contribution >= 4 is 46.0 Å². The Kier molecular flexibility index (Phi) is 5.69. The van der Waals surface area contributed by atoms with Crippen molar-refractivity contribution in [2.45, 2.75) is 6.92 Å². The lowest BCUT2D eigenvalue weighted by Gasteiger charge is -2.12. The molecular weight excluding hydrogens is 402 g/mol. The number of nitro groups is 2. The largest absolute Gasteiger partial charge is 0.355 e. The summed E-state index contributed by atoms with van der Waals surface area (Å²) in [7, 11) is 0. The fourth-order valence-corrected chi connectivity index (χ4v) is 2.65. The second-order valence-electron chi connectivity index (χ2n) is 5.81. The maximum Gasteiger partial charge on any atom is 0.355 e. The lowest BCUT2D eigenvalue weighted by molar-refractivity contribution is -0.384. The Hall–Kier alpha value is -3.99. The molecule has 0 fully saturated rings. The number of nitrogens with one attached hydrogen (secondary N) is 3. The fraction of sp³-hybridized carbons (Fsp3) is 0.0588. The number of halogens is 1. The second-order valence-corrected chi connectivity index (χ2v) is 6.25. The summed E-state index contributed by atoms with van der Waals surface area (Å²) in [6, 6.07) is 10.6. The highest BCUT2D eigenvalue weighted by atomic mass is 35.5. The van der Waals surface area contributed by atoms with E-state index >= 15 is 0 Å². The van der Waals surface area contributed by atoms with E-state index in [0.717, 1.165) is 5.56 Å². The van der Waals surface area contributed by atoms with E-state index < -0.39 is 9.85 Å². The third-order valence-corrected chi connectivity index (χ3v) is 4.08. The van der Waals surface area contributed by atoms with Gasteiger partial charge in [-0.2, -0.15) is 0 Å². The summed E-state index contributed by atoms with van der Waals surface area (Å²) < 4.78 is 0. The number of hydrogen-bond donors (Lipinski definition) is 3. The Morgan fingerprint density at radius 3 is 2.24 bits per heavy atom. The Morgan fingerprint density at radius 2 is 1.62 bits per heavy atom. The van der Waals surface area contributed by atoms with Crippen molar-refractivity contribution in [1.29, 1.82) is 0 Å². The summed E-state index contributed by atoms with van der Waals surface area (Å²) >= 11 is 5.94. The zero-order valence-electron chi connectivity index (χ0n) is 14.9. The van der Waals surface area contributed by atoms with E-state index in [1.54, 1.807) is 25.1 Å². The number of aryl methyl sites for hydroxylation is 1. The Balaban J connectivity index is 1.84. The van der Waals surface area contributed by atoms with Gasteiger partial charge in [-0.3, -0.25) is 31.1 Å². The van der Waals surface area contributed by atoms with Crippen LogP contribution in [0.15, 0.2) is 48.8 Å². The molecule has 0 aliphatic carbocycles. The van der Waals surface area contributed by atoms with Gasteiger partial charge >= 0.3 is 5.69 Å². The quantitative estimate of drug-likeness (QED) is 0.376. The average Bonchev–Trinajstić information content (AvgIpc) is 2.68. The van der Waals surface area contributed by atoms with E-state index in [4.69, 9.17) is 11.6 Å². The minimum atomic E-state index is -0.618. The molecule has 12 heteroatoms. The molecule has 0 unspecified atom stereocenters. The smallest absolute Gasteiger partial charge is 0.334 e. The minimum absolute atomic E-state index is 0.0107. The van der Waals surface area contributed by atoms with Gasteiger partial charge < -0.3 is 5.32 Å². The maximum absolute atomic E-state index is 11.6. The van der Waals surface area contributed by atoms with Gasteiger partial charge in [0.1, 0.15) is 6.33 Å². The second kappa shape index (κ2) is 8.35. The lowest BCUT2D eigenvalue weighted by atomic mass is 10.2. The van der Waals surface area contributed by atoms with Crippen molar-refractivity contribution in [1.82, 2.24) is 9.97 Å². The number of nitro benzene ring substituents is 1. The lowest BCUT2D eigenvalue weighted by Crippen LogP contribution is -2.13. The van der Waals surface area contributed by atoms with Crippen molar-refractivity contribution in [3.8, 4) is 0 Å². The highest BCUT2D eigenvalue weighted by Crippen LogP contribution is 2.32. The monoisotopic (exact) mass is 415 g/mol. The van der Waals surface area contributed by atoms with Crippen molar-refractivity contribution < 1.29 is 9.85 Å². The summed E-state index contributed by atoms with van der Waals surface area (Å²) in [6.07, 6.45) is 1.17. The van der Waals surface area contributed by atoms with Crippen molar-refractivity contribution in [3.05, 3.63) is 79.6 Å². The molecular formula is C17H14ClN7O4. The van der Waals surface area contributed by atoms with Gasteiger partial charge in [-0.25, -0.2) is 9.97 Å². The molecule has 2 aromatic carbocycles. The van der Waals surface area contributed by atoms with E-state index in [2.05, 4.69) is 26.1 Å². The highest BCUT2D eigenvalue weighted by Gasteiger charge is 2.23. The number of hydrogen-bond acceptors (Lipinski definition) is 9. The van der Waals surface area contributed by atoms with E-state index in [1.807, 2.05) is 0 Å². The predicted molar refractivity (Wildman–Crippen MR) is 108 cm³/mol. The molecule has 3 aromatic rings. The first-order chi connectivity index (χ1) is 13.8. The van der Waals surface area contributed by atoms with Crippen LogP contribution in [0.25, 0.3) is 0 Å². The Labute approximate surface area is 169 Å². The van der Waals surface area contributed by atoms with Crippen LogP contribution in [0.3, 0.4) is 0 Å². The SMILES string of the molecule is Cc1cc(Cl)ccc1Nc1ncnc(NNc2ccc([N+](=O)[O-])cc2)c1[N+](=O)[O-]. The molecule has 0 saturated carbocycles. The first-order valence-corrected chi connectivity index (χ1v) is 8.52. The van der Waals surface area contributed by atoms with E-state index in [9.17, 15) is 20.2 Å². The Morgan fingerprint density at radius 1 is 0.931 bits per heavy atom. The molecule has 0 amide bonds. The highest BCUT2D eigenvalue weighted by molar-refractivity contribution is 6.30. The van der Waals surface area contributed by atoms with Crippen LogP contribution >= 0.6 is 11.6 Å². The third-order valence-electron chi connectivity index (χ3n) is 3.85. The van der Waals surface area contributed by atoms with Crippen LogP contribution in [0.5, 0.6) is 0 Å². The molecule has 0 radical (unpaired) electrons. The van der Waals surface area contributed by atoms with Crippen molar-refractivity contribution in [2.75, 3.05) is 16.2 Å². The zero-order valence-corrected chi connectivity index (χ0v) is 15.7. The summed E-state index contributed by atoms with van der Waals surface area (Å²) in [5.41, 5.74) is 6.74. The molecule has 3 N–H and O–H groups in total. The van der Waals surface area contributed by atoms with Crippen LogP contribution in [0.4, 0.5) is 34.4 Å². The molecule has 11 nitrogen and oxygen atoms in total. The zero-order chi connectivity index (χ0) is 21.0. The number of anilines is 4. The summed E-state index contributed by atoms with van der Waals surface area (Å²) in [6.45, 7) is 1.80. The first kappa shape index (κ1) is 19.8. The molecule has 0 saturated heterocycles. The Bertz CT molecular complexity index is 1080. The van der Waals surface area contributed by atoms with Crippen LogP contribution in [-0.2, 0) is 0 Å². The van der Waals surface area contributed by atoms with Gasteiger partial charge in [0.25, 0.3) is 5.69 Å². The van der Waals surface area contributed by atoms with Crippen LogP contribution in [0.2, 0.25) is 5.02 Å². The summed E-state index contributed by atoms with van der Waals surface area (Å²) in [4.78, 5) is 29.1. The number of nitrogens with zero attached hydrogens (tertiary/aromatic N) is 4. The molecule has 1 aromatic heterocycles. The average molecular weight is 416 g/mol. The molecule has 3 rings (SSSR count). The topological polar surface area (TPSA) is 148 Å². The normalized spacial score (nSPS) is 10.3.